The number of hydrogen-bond donors (Lipinski definition) is 0. The van der Waals surface area contributed by atoms with E-state index in [9.17, 15) is 0 Å². The van der Waals surface area contributed by atoms with Crippen LogP contribution in [0.3, 0.4) is 0 Å². The van der Waals surface area contributed by atoms with Crippen LogP contribution in [0, 0.1) is 0 Å². The fourth-order valence-corrected chi connectivity index (χ4v) is 10.0. The molecule has 2 aromatic heterocycles. The van der Waals surface area contributed by atoms with Gasteiger partial charge in [-0.2, -0.15) is 0 Å². The van der Waals surface area contributed by atoms with E-state index >= 15 is 0 Å². The molecule has 0 unspecified atom stereocenters. The van der Waals surface area contributed by atoms with E-state index in [1.807, 2.05) is 12.1 Å². The molecule has 0 radical (unpaired) electrons. The summed E-state index contributed by atoms with van der Waals surface area (Å²) in [5.74, 6) is 0. The van der Waals surface area contributed by atoms with Crippen LogP contribution in [0.4, 0.5) is 0 Å². The van der Waals surface area contributed by atoms with E-state index < -0.39 is 0 Å². The third kappa shape index (κ3) is 4.32. The molecule has 0 aliphatic rings. The quantitative estimate of drug-likeness (QED) is 0.169. The van der Waals surface area contributed by atoms with Gasteiger partial charge in [0.15, 0.2) is 11.2 Å². The summed E-state index contributed by atoms with van der Waals surface area (Å²) in [5, 5.41) is 16.7. The van der Waals surface area contributed by atoms with Gasteiger partial charge in [-0.3, -0.25) is 0 Å². The summed E-state index contributed by atoms with van der Waals surface area (Å²) < 4.78 is 13.3. The summed E-state index contributed by atoms with van der Waals surface area (Å²) in [6.07, 6.45) is 0. The molecular formula is C56H32O2. The van der Waals surface area contributed by atoms with E-state index in [0.29, 0.717) is 0 Å². The van der Waals surface area contributed by atoms with Crippen LogP contribution in [0.15, 0.2) is 203 Å². The third-order valence-electron chi connectivity index (χ3n) is 12.5. The zero-order valence-electron chi connectivity index (χ0n) is 31.3. The van der Waals surface area contributed by atoms with Crippen LogP contribution in [-0.2, 0) is 0 Å². The van der Waals surface area contributed by atoms with Gasteiger partial charge in [0.25, 0.3) is 0 Å². The number of furan rings is 2. The number of para-hydroxylation sites is 1. The standard InChI is InChI=1S/C56H32O2/c1-2-16-35-33(14-1)15-13-26-39(35)51-40-19-5-7-21-42(40)52(43-22-8-6-20-41(43)51)46-30-29-36(37-17-3-4-18-38(37)46)34-28-31-50-48(32-34)54-45-24-10-9-23-44(45)53-47-25-11-12-27-49(47)57-55(53)56(54)58-50/h1-32H. The van der Waals surface area contributed by atoms with Crippen LogP contribution >= 0.6 is 0 Å². The molecule has 2 heteroatoms. The van der Waals surface area contributed by atoms with Crippen LogP contribution in [0.25, 0.3) is 131 Å². The predicted molar refractivity (Wildman–Crippen MR) is 245 cm³/mol. The van der Waals surface area contributed by atoms with E-state index in [1.165, 1.54) is 81.7 Å². The van der Waals surface area contributed by atoms with Crippen molar-refractivity contribution < 1.29 is 8.83 Å². The van der Waals surface area contributed by atoms with E-state index in [-0.39, 0.29) is 0 Å². The van der Waals surface area contributed by atoms with E-state index in [4.69, 9.17) is 8.83 Å². The molecule has 0 amide bonds. The molecule has 268 valence electrons. The first-order chi connectivity index (χ1) is 28.8. The molecule has 0 spiro atoms. The first-order valence-corrected chi connectivity index (χ1v) is 19.9. The lowest BCUT2D eigenvalue weighted by molar-refractivity contribution is 0.633. The Kier molecular flexibility index (Phi) is 6.47. The fourth-order valence-electron chi connectivity index (χ4n) is 10.0. The fraction of sp³-hybridized carbons (Fsp3) is 0. The average Bonchev–Trinajstić information content (AvgIpc) is 3.87. The molecule has 2 heterocycles. The summed E-state index contributed by atoms with van der Waals surface area (Å²) in [6.45, 7) is 0. The molecule has 0 bridgehead atoms. The minimum atomic E-state index is 0.794. The van der Waals surface area contributed by atoms with Gasteiger partial charge in [-0.25, -0.2) is 0 Å². The summed E-state index contributed by atoms with van der Waals surface area (Å²) in [5.41, 5.74) is 10.7. The van der Waals surface area contributed by atoms with Crippen molar-refractivity contribution >= 4 is 97.7 Å². The lowest BCUT2D eigenvalue weighted by Crippen LogP contribution is -1.93. The summed E-state index contributed by atoms with van der Waals surface area (Å²) in [7, 11) is 0. The Balaban J connectivity index is 1.06. The first-order valence-electron chi connectivity index (χ1n) is 19.9. The van der Waals surface area contributed by atoms with Gasteiger partial charge in [-0.1, -0.05) is 176 Å². The van der Waals surface area contributed by atoms with E-state index in [2.05, 4.69) is 182 Å². The van der Waals surface area contributed by atoms with Crippen LogP contribution in [0.1, 0.15) is 0 Å². The molecule has 0 fully saturated rings. The Labute approximate surface area is 332 Å². The van der Waals surface area contributed by atoms with Gasteiger partial charge in [-0.05, 0) is 105 Å². The van der Waals surface area contributed by atoms with Crippen molar-refractivity contribution in [2.45, 2.75) is 0 Å². The van der Waals surface area contributed by atoms with Gasteiger partial charge >= 0.3 is 0 Å². The molecule has 0 atom stereocenters. The molecule has 13 aromatic rings. The number of fused-ring (bicyclic) bond motifs is 14. The second kappa shape index (κ2) is 11.9. The second-order valence-corrected chi connectivity index (χ2v) is 15.4. The van der Waals surface area contributed by atoms with Crippen molar-refractivity contribution in [2.75, 3.05) is 0 Å². The smallest absolute Gasteiger partial charge is 0.179 e. The van der Waals surface area contributed by atoms with Crippen molar-refractivity contribution in [3.8, 4) is 33.4 Å². The predicted octanol–water partition coefficient (Wildman–Crippen LogP) is 16.3. The largest absolute Gasteiger partial charge is 0.452 e. The Morgan fingerprint density at radius 3 is 1.33 bits per heavy atom. The van der Waals surface area contributed by atoms with Crippen molar-refractivity contribution in [2.24, 2.45) is 0 Å². The molecule has 13 rings (SSSR count). The molecule has 0 N–H and O–H groups in total. The van der Waals surface area contributed by atoms with Crippen molar-refractivity contribution in [3.63, 3.8) is 0 Å². The molecule has 0 aliphatic heterocycles. The summed E-state index contributed by atoms with van der Waals surface area (Å²) in [6, 6.07) is 70.4. The summed E-state index contributed by atoms with van der Waals surface area (Å²) >= 11 is 0. The minimum Gasteiger partial charge on any atom is -0.452 e. The van der Waals surface area contributed by atoms with Crippen molar-refractivity contribution in [3.05, 3.63) is 194 Å². The zero-order chi connectivity index (χ0) is 37.9. The van der Waals surface area contributed by atoms with Gasteiger partial charge in [0.2, 0.25) is 0 Å². The maximum atomic E-state index is 6.71. The lowest BCUT2D eigenvalue weighted by atomic mass is 9.83. The van der Waals surface area contributed by atoms with E-state index in [0.717, 1.165) is 49.4 Å². The van der Waals surface area contributed by atoms with Gasteiger partial charge in [0, 0.05) is 21.5 Å². The molecule has 58 heavy (non-hydrogen) atoms. The molecular weight excluding hydrogens is 705 g/mol. The summed E-state index contributed by atoms with van der Waals surface area (Å²) in [4.78, 5) is 0. The second-order valence-electron chi connectivity index (χ2n) is 15.4. The van der Waals surface area contributed by atoms with Crippen LogP contribution < -0.4 is 0 Å². The highest BCUT2D eigenvalue weighted by atomic mass is 16.4. The van der Waals surface area contributed by atoms with E-state index in [1.54, 1.807) is 0 Å². The van der Waals surface area contributed by atoms with Gasteiger partial charge in [-0.15, -0.1) is 0 Å². The van der Waals surface area contributed by atoms with Crippen LogP contribution in [-0.4, -0.2) is 0 Å². The Hall–Kier alpha value is -7.68. The Bertz CT molecular complexity index is 3800. The minimum absolute atomic E-state index is 0.794. The van der Waals surface area contributed by atoms with Gasteiger partial charge in [0.05, 0.1) is 0 Å². The topological polar surface area (TPSA) is 26.3 Å². The Morgan fingerprint density at radius 2 is 0.690 bits per heavy atom. The Morgan fingerprint density at radius 1 is 0.259 bits per heavy atom. The molecule has 0 saturated carbocycles. The monoisotopic (exact) mass is 736 g/mol. The highest BCUT2D eigenvalue weighted by Crippen LogP contribution is 2.49. The molecule has 11 aromatic carbocycles. The first kappa shape index (κ1) is 31.5. The number of rotatable bonds is 3. The maximum Gasteiger partial charge on any atom is 0.179 e. The molecule has 0 aliphatic carbocycles. The molecule has 2 nitrogen and oxygen atoms in total. The molecule has 0 saturated heterocycles. The maximum absolute atomic E-state index is 6.71. The average molecular weight is 737 g/mol. The van der Waals surface area contributed by atoms with Crippen LogP contribution in [0.2, 0.25) is 0 Å². The van der Waals surface area contributed by atoms with Gasteiger partial charge < -0.3 is 8.83 Å². The van der Waals surface area contributed by atoms with Crippen molar-refractivity contribution in [1.29, 1.82) is 0 Å². The third-order valence-corrected chi connectivity index (χ3v) is 12.5. The lowest BCUT2D eigenvalue weighted by Gasteiger charge is -2.20. The highest BCUT2D eigenvalue weighted by Gasteiger charge is 2.23. The number of hydrogen-bond acceptors (Lipinski definition) is 2. The zero-order valence-corrected chi connectivity index (χ0v) is 31.3. The van der Waals surface area contributed by atoms with Crippen LogP contribution in [0.5, 0.6) is 0 Å². The SMILES string of the molecule is c1ccc2c(-c3c4ccccc4c(-c4ccc(-c5ccc6oc7c8oc9ccccc9c8c8ccccc8c7c6c5)c5ccccc45)c4ccccc34)cccc2c1. The highest BCUT2D eigenvalue weighted by molar-refractivity contribution is 6.34. The number of benzene rings is 11. The van der Waals surface area contributed by atoms with Crippen molar-refractivity contribution in [1.82, 2.24) is 0 Å². The van der Waals surface area contributed by atoms with Gasteiger partial charge in [0.1, 0.15) is 11.2 Å². The normalized spacial score (nSPS) is 12.1.